The molecule has 5 heteroatoms. The Hall–Kier alpha value is -0.635. The highest BCUT2D eigenvalue weighted by atomic mass is 16.4. The zero-order valence-electron chi connectivity index (χ0n) is 8.41. The summed E-state index contributed by atoms with van der Waals surface area (Å²) in [4.78, 5) is 13.5. The van der Waals surface area contributed by atoms with Gasteiger partial charge in [0.15, 0.2) is 0 Å². The summed E-state index contributed by atoms with van der Waals surface area (Å²) in [6, 6.07) is 0. The van der Waals surface area contributed by atoms with E-state index in [-0.39, 0.29) is 18.0 Å². The van der Waals surface area contributed by atoms with Crippen LogP contribution in [0.1, 0.15) is 20.8 Å². The van der Waals surface area contributed by atoms with E-state index in [0.717, 1.165) is 0 Å². The molecule has 0 heterocycles. The number of hydrogen-bond donors (Lipinski definition) is 1. The largest absolute Gasteiger partial charge is 0.428 e. The molecule has 0 saturated carbocycles. The molecule has 0 aromatic carbocycles. The molecule has 2 N–H and O–H groups in total. The van der Waals surface area contributed by atoms with Gasteiger partial charge in [0.2, 0.25) is 6.08 Å². The number of rotatable bonds is 5. The van der Waals surface area contributed by atoms with Crippen molar-refractivity contribution >= 4 is 13.6 Å². The number of nitrogens with zero attached hydrogens (tertiary/aromatic N) is 1. The quantitative estimate of drug-likeness (QED) is 0.295. The zero-order chi connectivity index (χ0) is 10.3. The summed E-state index contributed by atoms with van der Waals surface area (Å²) in [6.07, 6.45) is 1.51. The van der Waals surface area contributed by atoms with Crippen molar-refractivity contribution in [3.63, 3.8) is 0 Å². The van der Waals surface area contributed by atoms with Crippen LogP contribution >= 0.6 is 0 Å². The van der Waals surface area contributed by atoms with Gasteiger partial charge in [-0.15, -0.1) is 0 Å². The van der Waals surface area contributed by atoms with Crippen LogP contribution in [0.4, 0.5) is 0 Å². The maximum absolute atomic E-state index is 9.94. The summed E-state index contributed by atoms with van der Waals surface area (Å²) < 4.78 is 4.98. The molecular formula is C8H16BN2O2. The van der Waals surface area contributed by atoms with Gasteiger partial charge in [-0.05, 0) is 11.2 Å². The van der Waals surface area contributed by atoms with E-state index in [1.54, 1.807) is 7.48 Å². The van der Waals surface area contributed by atoms with Crippen LogP contribution in [-0.2, 0) is 9.45 Å². The monoisotopic (exact) mass is 183 g/mol. The molecule has 1 radical (unpaired) electrons. The molecular weight excluding hydrogens is 167 g/mol. The number of carbonyl (C=O) groups excluding carboxylic acids is 1. The first-order valence-corrected chi connectivity index (χ1v) is 4.21. The lowest BCUT2D eigenvalue weighted by Gasteiger charge is -2.27. The van der Waals surface area contributed by atoms with Gasteiger partial charge < -0.3 is 10.4 Å². The third kappa shape index (κ3) is 5.58. The van der Waals surface area contributed by atoms with Gasteiger partial charge in [-0.25, -0.2) is 9.79 Å². The van der Waals surface area contributed by atoms with E-state index in [4.69, 9.17) is 10.4 Å². The standard InChI is InChI=1S/C8H16BN2O2/c1-8(2,3)7(4-11-6-12)9-13-5-10/h7H,4-5,10H2,1-3H3. The van der Waals surface area contributed by atoms with E-state index < -0.39 is 0 Å². The molecule has 1 atom stereocenters. The van der Waals surface area contributed by atoms with E-state index in [9.17, 15) is 4.79 Å². The normalized spacial score (nSPS) is 13.2. The first-order chi connectivity index (χ1) is 6.02. The summed E-state index contributed by atoms with van der Waals surface area (Å²) in [6.45, 7) is 6.70. The lowest BCUT2D eigenvalue weighted by Crippen LogP contribution is -2.26. The summed E-state index contributed by atoms with van der Waals surface area (Å²) in [7, 11) is 1.64. The Labute approximate surface area is 79.8 Å². The lowest BCUT2D eigenvalue weighted by atomic mass is 9.64. The van der Waals surface area contributed by atoms with E-state index in [2.05, 4.69) is 4.99 Å². The Morgan fingerprint density at radius 1 is 1.62 bits per heavy atom. The van der Waals surface area contributed by atoms with E-state index in [1.807, 2.05) is 20.8 Å². The number of aliphatic imine (C=N–C) groups is 1. The maximum Gasteiger partial charge on any atom is 0.299 e. The third-order valence-corrected chi connectivity index (χ3v) is 1.82. The minimum atomic E-state index is 0.00944. The molecule has 0 bridgehead atoms. The second-order valence-corrected chi connectivity index (χ2v) is 3.87. The van der Waals surface area contributed by atoms with Crippen LogP contribution in [-0.4, -0.2) is 26.8 Å². The number of hydrogen-bond acceptors (Lipinski definition) is 4. The predicted octanol–water partition coefficient (Wildman–Crippen LogP) is 0.709. The Kier molecular flexibility index (Phi) is 5.63. The molecule has 4 nitrogen and oxygen atoms in total. The molecule has 0 aromatic heterocycles. The van der Waals surface area contributed by atoms with Crippen molar-refractivity contribution in [3.8, 4) is 0 Å². The van der Waals surface area contributed by atoms with E-state index in [1.165, 1.54) is 6.08 Å². The van der Waals surface area contributed by atoms with Crippen molar-refractivity contribution in [2.24, 2.45) is 16.1 Å². The van der Waals surface area contributed by atoms with Gasteiger partial charge >= 0.3 is 0 Å². The predicted molar refractivity (Wildman–Crippen MR) is 52.1 cm³/mol. The van der Waals surface area contributed by atoms with Crippen LogP contribution in [0.3, 0.4) is 0 Å². The van der Waals surface area contributed by atoms with Crippen LogP contribution in [0.25, 0.3) is 0 Å². The van der Waals surface area contributed by atoms with Crippen molar-refractivity contribution in [2.45, 2.75) is 26.6 Å². The van der Waals surface area contributed by atoms with Crippen molar-refractivity contribution in [2.75, 3.05) is 13.3 Å². The van der Waals surface area contributed by atoms with Crippen LogP contribution in [0.5, 0.6) is 0 Å². The fraction of sp³-hybridized carbons (Fsp3) is 0.875. The molecule has 0 saturated heterocycles. The Bertz CT molecular complexity index is 185. The Morgan fingerprint density at radius 3 is 2.62 bits per heavy atom. The summed E-state index contributed by atoms with van der Waals surface area (Å²) in [5, 5.41) is 0. The molecule has 0 aromatic rings. The molecule has 0 aliphatic carbocycles. The highest BCUT2D eigenvalue weighted by molar-refractivity contribution is 6.30. The smallest absolute Gasteiger partial charge is 0.299 e. The molecule has 0 aliphatic rings. The number of isocyanates is 1. The van der Waals surface area contributed by atoms with Crippen LogP contribution in [0.2, 0.25) is 5.82 Å². The molecule has 0 amide bonds. The molecule has 0 rings (SSSR count). The molecule has 1 unspecified atom stereocenters. The van der Waals surface area contributed by atoms with Gasteiger partial charge in [-0.2, -0.15) is 0 Å². The topological polar surface area (TPSA) is 64.7 Å². The summed E-state index contributed by atoms with van der Waals surface area (Å²) >= 11 is 0. The average Bonchev–Trinajstić information content (AvgIpc) is 2.02. The second kappa shape index (κ2) is 5.92. The van der Waals surface area contributed by atoms with Gasteiger partial charge in [0.25, 0.3) is 7.48 Å². The first-order valence-electron chi connectivity index (χ1n) is 4.21. The third-order valence-electron chi connectivity index (χ3n) is 1.82. The Balaban J connectivity index is 4.10. The number of nitrogens with two attached hydrogens (primary N) is 1. The zero-order valence-corrected chi connectivity index (χ0v) is 8.41. The van der Waals surface area contributed by atoms with Gasteiger partial charge in [-0.3, -0.25) is 0 Å². The molecule has 13 heavy (non-hydrogen) atoms. The highest BCUT2D eigenvalue weighted by Crippen LogP contribution is 2.30. The van der Waals surface area contributed by atoms with Crippen molar-refractivity contribution in [3.05, 3.63) is 0 Å². The SMILES string of the molecule is CC(C)(C)C([B]OCN)CN=C=O. The van der Waals surface area contributed by atoms with E-state index >= 15 is 0 Å². The van der Waals surface area contributed by atoms with Crippen molar-refractivity contribution in [1.82, 2.24) is 0 Å². The fourth-order valence-electron chi connectivity index (χ4n) is 0.828. The van der Waals surface area contributed by atoms with Crippen LogP contribution in [0, 0.1) is 5.41 Å². The van der Waals surface area contributed by atoms with Crippen molar-refractivity contribution in [1.29, 1.82) is 0 Å². The summed E-state index contributed by atoms with van der Waals surface area (Å²) in [5.41, 5.74) is 5.20. The van der Waals surface area contributed by atoms with Gasteiger partial charge in [0.1, 0.15) is 0 Å². The average molecular weight is 183 g/mol. The van der Waals surface area contributed by atoms with Gasteiger partial charge in [0, 0.05) is 0 Å². The van der Waals surface area contributed by atoms with Gasteiger partial charge in [-0.1, -0.05) is 20.8 Å². The highest BCUT2D eigenvalue weighted by Gasteiger charge is 2.25. The minimum absolute atomic E-state index is 0.00944. The van der Waals surface area contributed by atoms with Gasteiger partial charge in [0.05, 0.1) is 13.3 Å². The van der Waals surface area contributed by atoms with Crippen molar-refractivity contribution < 1.29 is 9.45 Å². The van der Waals surface area contributed by atoms with E-state index in [0.29, 0.717) is 6.54 Å². The van der Waals surface area contributed by atoms with Crippen LogP contribution in [0.15, 0.2) is 4.99 Å². The fourth-order valence-corrected chi connectivity index (χ4v) is 0.828. The first kappa shape index (κ1) is 12.4. The molecule has 0 fully saturated rings. The molecule has 0 spiro atoms. The summed E-state index contributed by atoms with van der Waals surface area (Å²) in [5.74, 6) is 0.0810. The molecule has 0 aliphatic heterocycles. The lowest BCUT2D eigenvalue weighted by molar-refractivity contribution is 0.303. The second-order valence-electron chi connectivity index (χ2n) is 3.87. The molecule has 73 valence electrons. The Morgan fingerprint density at radius 2 is 2.23 bits per heavy atom. The minimum Gasteiger partial charge on any atom is -0.428 e. The maximum atomic E-state index is 9.94. The van der Waals surface area contributed by atoms with Crippen LogP contribution < -0.4 is 5.73 Å².